The van der Waals surface area contributed by atoms with Crippen LogP contribution in [-0.2, 0) is 4.79 Å². The van der Waals surface area contributed by atoms with Crippen LogP contribution < -0.4 is 0 Å². The molecule has 1 amide bonds. The number of likely N-dealkylation sites (N-methyl/N-ethyl adjacent to an activating group) is 1. The summed E-state index contributed by atoms with van der Waals surface area (Å²) < 4.78 is 29.4. The van der Waals surface area contributed by atoms with Gasteiger partial charge >= 0.3 is 0 Å². The number of benzene rings is 1. The lowest BCUT2D eigenvalue weighted by Crippen LogP contribution is -2.38. The fourth-order valence-corrected chi connectivity index (χ4v) is 3.05. The lowest BCUT2D eigenvalue weighted by Gasteiger charge is -2.30. The van der Waals surface area contributed by atoms with Crippen LogP contribution in [0, 0.1) is 16.4 Å². The number of piperidine rings is 1. The second kappa shape index (κ2) is 4.66. The smallest absolute Gasteiger partial charge is 0.222 e. The number of nitrogens with zero attached hydrogens (tertiary/aromatic N) is 2. The number of likely N-dealkylation sites (tertiary alicyclic amines) is 1. The van der Waals surface area contributed by atoms with E-state index < -0.39 is 11.6 Å². The number of nitrogens with one attached hydrogen (secondary N) is 1. The first-order valence-corrected chi connectivity index (χ1v) is 6.72. The van der Waals surface area contributed by atoms with E-state index in [2.05, 4.69) is 4.98 Å². The molecule has 4 nitrogen and oxygen atoms in total. The van der Waals surface area contributed by atoms with Gasteiger partial charge in [-0.05, 0) is 30.8 Å². The van der Waals surface area contributed by atoms with Gasteiger partial charge in [0.25, 0.3) is 0 Å². The van der Waals surface area contributed by atoms with E-state index in [-0.39, 0.29) is 17.5 Å². The highest BCUT2D eigenvalue weighted by molar-refractivity contribution is 7.71. The normalized spacial score (nSPS) is 19.9. The maximum atomic E-state index is 14.1. The third-order valence-corrected chi connectivity index (χ3v) is 4.04. The summed E-state index contributed by atoms with van der Waals surface area (Å²) in [6.45, 7) is 0.441. The Morgan fingerprint density at radius 3 is 2.85 bits per heavy atom. The molecular weight excluding hydrogens is 284 g/mol. The molecule has 2 aromatic rings. The highest BCUT2D eigenvalue weighted by Gasteiger charge is 2.27. The van der Waals surface area contributed by atoms with Crippen LogP contribution in [0.25, 0.3) is 11.0 Å². The molecule has 1 fully saturated rings. The fraction of sp³-hybridized carbons (Fsp3) is 0.385. The third kappa shape index (κ3) is 1.93. The van der Waals surface area contributed by atoms with E-state index >= 15 is 0 Å². The van der Waals surface area contributed by atoms with Crippen molar-refractivity contribution in [2.24, 2.45) is 0 Å². The quantitative estimate of drug-likeness (QED) is 0.822. The van der Waals surface area contributed by atoms with Gasteiger partial charge in [0.1, 0.15) is 5.52 Å². The van der Waals surface area contributed by atoms with E-state index in [0.29, 0.717) is 29.7 Å². The number of hydrogen-bond donors (Lipinski definition) is 1. The number of fused-ring (bicyclic) bond motifs is 1. The van der Waals surface area contributed by atoms with Crippen LogP contribution in [0.1, 0.15) is 18.9 Å². The van der Waals surface area contributed by atoms with Gasteiger partial charge in [0.15, 0.2) is 16.4 Å². The van der Waals surface area contributed by atoms with Gasteiger partial charge in [0.05, 0.1) is 11.6 Å². The van der Waals surface area contributed by atoms with E-state index in [0.717, 1.165) is 6.07 Å². The molecular formula is C13H13F2N3OS. The molecule has 1 aromatic heterocycles. The number of rotatable bonds is 1. The summed E-state index contributed by atoms with van der Waals surface area (Å²) in [6.07, 6.45) is 0.951. The summed E-state index contributed by atoms with van der Waals surface area (Å²) in [6, 6.07) is 2.40. The van der Waals surface area contributed by atoms with Crippen LogP contribution in [0.15, 0.2) is 12.1 Å². The minimum atomic E-state index is -0.908. The van der Waals surface area contributed by atoms with Gasteiger partial charge in [-0.25, -0.2) is 8.78 Å². The molecule has 1 N–H and O–H groups in total. The molecule has 0 saturated carbocycles. The van der Waals surface area contributed by atoms with E-state index in [1.807, 2.05) is 0 Å². The van der Waals surface area contributed by atoms with E-state index in [1.165, 1.54) is 6.07 Å². The first-order valence-electron chi connectivity index (χ1n) is 6.31. The molecule has 1 atom stereocenters. The summed E-state index contributed by atoms with van der Waals surface area (Å²) in [7, 11) is 1.70. The molecule has 1 aromatic carbocycles. The SMILES string of the molecule is CN1CC(n2c(=S)[nH]c3ccc(F)c(F)c32)CCC1=O. The van der Waals surface area contributed by atoms with E-state index in [1.54, 1.807) is 16.5 Å². The summed E-state index contributed by atoms with van der Waals surface area (Å²) >= 11 is 5.22. The van der Waals surface area contributed by atoms with Crippen LogP contribution in [-0.4, -0.2) is 34.0 Å². The average molecular weight is 297 g/mol. The summed E-state index contributed by atoms with van der Waals surface area (Å²) in [5, 5.41) is 0. The number of H-pyrrole nitrogens is 1. The van der Waals surface area contributed by atoms with Crippen LogP contribution in [0.5, 0.6) is 0 Å². The molecule has 1 unspecified atom stereocenters. The van der Waals surface area contributed by atoms with Gasteiger partial charge < -0.3 is 14.5 Å². The predicted octanol–water partition coefficient (Wildman–Crippen LogP) is 2.77. The predicted molar refractivity (Wildman–Crippen MR) is 72.9 cm³/mol. The van der Waals surface area contributed by atoms with Gasteiger partial charge in [-0.2, -0.15) is 0 Å². The Morgan fingerprint density at radius 1 is 1.40 bits per heavy atom. The summed E-state index contributed by atoms with van der Waals surface area (Å²) in [5.41, 5.74) is 0.608. The van der Waals surface area contributed by atoms with Gasteiger partial charge in [-0.15, -0.1) is 0 Å². The number of carbonyl (C=O) groups is 1. The minimum absolute atomic E-state index is 0.0549. The van der Waals surface area contributed by atoms with E-state index in [9.17, 15) is 13.6 Å². The number of halogens is 2. The van der Waals surface area contributed by atoms with Crippen molar-refractivity contribution in [2.75, 3.05) is 13.6 Å². The lowest BCUT2D eigenvalue weighted by molar-refractivity contribution is -0.132. The molecule has 0 aliphatic carbocycles. The van der Waals surface area contributed by atoms with Crippen molar-refractivity contribution in [3.05, 3.63) is 28.5 Å². The Balaban J connectivity index is 2.16. The molecule has 0 bridgehead atoms. The molecule has 1 aliphatic rings. The van der Waals surface area contributed by atoms with Gasteiger partial charge in [0.2, 0.25) is 5.91 Å². The Kier molecular flexibility index (Phi) is 3.08. The third-order valence-electron chi connectivity index (χ3n) is 3.74. The Bertz CT molecular complexity index is 752. The topological polar surface area (TPSA) is 41.0 Å². The number of aromatic amines is 1. The Morgan fingerprint density at radius 2 is 2.15 bits per heavy atom. The Hall–Kier alpha value is -1.76. The largest absolute Gasteiger partial charge is 0.344 e. The molecule has 7 heteroatoms. The number of carbonyl (C=O) groups excluding carboxylic acids is 1. The van der Waals surface area contributed by atoms with Gasteiger partial charge in [-0.3, -0.25) is 4.79 Å². The highest BCUT2D eigenvalue weighted by Crippen LogP contribution is 2.28. The van der Waals surface area contributed by atoms with Crippen molar-refractivity contribution in [3.63, 3.8) is 0 Å². The molecule has 0 radical (unpaired) electrons. The number of hydrogen-bond acceptors (Lipinski definition) is 2. The van der Waals surface area contributed by atoms with Crippen LogP contribution >= 0.6 is 12.2 Å². The maximum Gasteiger partial charge on any atom is 0.222 e. The maximum absolute atomic E-state index is 14.1. The highest BCUT2D eigenvalue weighted by atomic mass is 32.1. The number of aromatic nitrogens is 2. The molecule has 0 spiro atoms. The molecule has 3 rings (SSSR count). The van der Waals surface area contributed by atoms with Crippen LogP contribution in [0.2, 0.25) is 0 Å². The zero-order chi connectivity index (χ0) is 14.4. The average Bonchev–Trinajstić information content (AvgIpc) is 2.74. The first kappa shape index (κ1) is 13.2. The first-order chi connectivity index (χ1) is 9.49. The van der Waals surface area contributed by atoms with Gasteiger partial charge in [-0.1, -0.05) is 0 Å². The second-order valence-electron chi connectivity index (χ2n) is 5.02. The van der Waals surface area contributed by atoms with Crippen LogP contribution in [0.3, 0.4) is 0 Å². The van der Waals surface area contributed by atoms with Crippen molar-refractivity contribution >= 4 is 29.2 Å². The zero-order valence-electron chi connectivity index (χ0n) is 10.8. The standard InChI is InChI=1S/C13H13F2N3OS/c1-17-6-7(2-5-10(17)19)18-12-9(16-13(18)20)4-3-8(14)11(12)15/h3-4,7H,2,5-6H2,1H3,(H,16,20). The molecule has 2 heterocycles. The second-order valence-corrected chi connectivity index (χ2v) is 5.41. The number of amides is 1. The monoisotopic (exact) mass is 297 g/mol. The fourth-order valence-electron chi connectivity index (χ4n) is 2.70. The van der Waals surface area contributed by atoms with Crippen molar-refractivity contribution in [3.8, 4) is 0 Å². The van der Waals surface area contributed by atoms with E-state index in [4.69, 9.17) is 12.2 Å². The molecule has 20 heavy (non-hydrogen) atoms. The number of imidazole rings is 1. The van der Waals surface area contributed by atoms with Gasteiger partial charge in [0, 0.05) is 20.0 Å². The minimum Gasteiger partial charge on any atom is -0.344 e. The zero-order valence-corrected chi connectivity index (χ0v) is 11.6. The summed E-state index contributed by atoms with van der Waals surface area (Å²) in [5.74, 6) is -1.76. The van der Waals surface area contributed by atoms with Crippen molar-refractivity contribution in [2.45, 2.75) is 18.9 Å². The Labute approximate surface area is 119 Å². The van der Waals surface area contributed by atoms with Crippen molar-refractivity contribution in [1.82, 2.24) is 14.5 Å². The molecule has 106 valence electrons. The van der Waals surface area contributed by atoms with Crippen molar-refractivity contribution in [1.29, 1.82) is 0 Å². The molecule has 1 aliphatic heterocycles. The van der Waals surface area contributed by atoms with Crippen molar-refractivity contribution < 1.29 is 13.6 Å². The van der Waals surface area contributed by atoms with Crippen LogP contribution in [0.4, 0.5) is 8.78 Å². The molecule has 1 saturated heterocycles. The summed E-state index contributed by atoms with van der Waals surface area (Å²) in [4.78, 5) is 16.0. The lowest BCUT2D eigenvalue weighted by atomic mass is 10.1.